The Morgan fingerprint density at radius 1 is 1.35 bits per heavy atom. The number of aliphatic carboxylic acids is 1. The normalized spacial score (nSPS) is 21.9. The number of likely N-dealkylation sites (tertiary alicyclic amines) is 1. The highest BCUT2D eigenvalue weighted by atomic mass is 16.7. The lowest BCUT2D eigenvalue weighted by Crippen LogP contribution is -2.68. The highest BCUT2D eigenvalue weighted by Crippen LogP contribution is 2.35. The SMILES string of the molecule is COC1(OC)CN(C(CC(=O)O)C(C)(C)C)C1. The average Bonchev–Trinajstić information content (AvgIpc) is 2.14. The van der Waals surface area contributed by atoms with Crippen LogP contribution in [-0.4, -0.2) is 55.1 Å². The molecule has 1 N–H and O–H groups in total. The minimum atomic E-state index is -0.766. The van der Waals surface area contributed by atoms with E-state index in [1.807, 2.05) is 0 Å². The number of carbonyl (C=O) groups is 1. The van der Waals surface area contributed by atoms with Crippen molar-refractivity contribution in [3.8, 4) is 0 Å². The summed E-state index contributed by atoms with van der Waals surface area (Å²) in [5.41, 5.74) is -0.0773. The van der Waals surface area contributed by atoms with Crippen molar-refractivity contribution in [2.75, 3.05) is 27.3 Å². The Balaban J connectivity index is 2.67. The van der Waals surface area contributed by atoms with Crippen molar-refractivity contribution in [3.63, 3.8) is 0 Å². The summed E-state index contributed by atoms with van der Waals surface area (Å²) in [6, 6.07) is -0.00146. The lowest BCUT2D eigenvalue weighted by atomic mass is 9.81. The topological polar surface area (TPSA) is 59.0 Å². The Morgan fingerprint density at radius 3 is 2.12 bits per heavy atom. The minimum Gasteiger partial charge on any atom is -0.481 e. The van der Waals surface area contributed by atoms with Gasteiger partial charge >= 0.3 is 5.97 Å². The van der Waals surface area contributed by atoms with Crippen LogP contribution in [0.2, 0.25) is 0 Å². The molecular formula is C12H23NO4. The molecule has 1 rings (SSSR count). The van der Waals surface area contributed by atoms with Gasteiger partial charge in [-0.2, -0.15) is 0 Å². The van der Waals surface area contributed by atoms with Crippen LogP contribution in [0.25, 0.3) is 0 Å². The molecule has 1 atom stereocenters. The summed E-state index contributed by atoms with van der Waals surface area (Å²) < 4.78 is 10.6. The van der Waals surface area contributed by atoms with Crippen LogP contribution in [0.5, 0.6) is 0 Å². The van der Waals surface area contributed by atoms with Gasteiger partial charge in [0.2, 0.25) is 0 Å². The fraction of sp³-hybridized carbons (Fsp3) is 0.917. The number of hydrogen-bond donors (Lipinski definition) is 1. The molecule has 0 spiro atoms. The average molecular weight is 245 g/mol. The molecule has 0 aromatic carbocycles. The van der Waals surface area contributed by atoms with Crippen molar-refractivity contribution in [1.29, 1.82) is 0 Å². The van der Waals surface area contributed by atoms with Crippen molar-refractivity contribution in [2.24, 2.45) is 5.41 Å². The zero-order valence-corrected chi connectivity index (χ0v) is 11.3. The first-order chi connectivity index (χ1) is 7.74. The van der Waals surface area contributed by atoms with Crippen molar-refractivity contribution >= 4 is 5.97 Å². The summed E-state index contributed by atoms with van der Waals surface area (Å²) in [4.78, 5) is 13.0. The Bertz CT molecular complexity index is 273. The summed E-state index contributed by atoms with van der Waals surface area (Å²) >= 11 is 0. The van der Waals surface area contributed by atoms with Gasteiger partial charge in [-0.3, -0.25) is 9.69 Å². The number of carboxylic acids is 1. The number of rotatable bonds is 5. The smallest absolute Gasteiger partial charge is 0.304 e. The van der Waals surface area contributed by atoms with Crippen LogP contribution >= 0.6 is 0 Å². The van der Waals surface area contributed by atoms with Gasteiger partial charge in [-0.1, -0.05) is 20.8 Å². The third-order valence-corrected chi connectivity index (χ3v) is 3.44. The molecule has 0 radical (unpaired) electrons. The second-order valence-electron chi connectivity index (χ2n) is 5.70. The third-order valence-electron chi connectivity index (χ3n) is 3.44. The Morgan fingerprint density at radius 2 is 1.82 bits per heavy atom. The number of nitrogens with zero attached hydrogens (tertiary/aromatic N) is 1. The molecule has 0 aromatic rings. The maximum absolute atomic E-state index is 10.9. The number of methoxy groups -OCH3 is 2. The number of carboxylic acid groups (broad SMARTS) is 1. The highest BCUT2D eigenvalue weighted by molar-refractivity contribution is 5.67. The predicted molar refractivity (Wildman–Crippen MR) is 63.8 cm³/mol. The van der Waals surface area contributed by atoms with Crippen LogP contribution in [0, 0.1) is 5.41 Å². The van der Waals surface area contributed by atoms with Crippen LogP contribution in [0.15, 0.2) is 0 Å². The van der Waals surface area contributed by atoms with E-state index in [1.165, 1.54) is 0 Å². The van der Waals surface area contributed by atoms with E-state index in [0.717, 1.165) is 0 Å². The number of ether oxygens (including phenoxy) is 2. The van der Waals surface area contributed by atoms with Crippen LogP contribution in [0.3, 0.4) is 0 Å². The molecule has 1 aliphatic heterocycles. The van der Waals surface area contributed by atoms with Gasteiger partial charge < -0.3 is 14.6 Å². The van der Waals surface area contributed by atoms with Crippen LogP contribution < -0.4 is 0 Å². The van der Waals surface area contributed by atoms with Gasteiger partial charge in [0.15, 0.2) is 5.79 Å². The lowest BCUT2D eigenvalue weighted by Gasteiger charge is -2.53. The van der Waals surface area contributed by atoms with Gasteiger partial charge in [-0.05, 0) is 5.41 Å². The summed E-state index contributed by atoms with van der Waals surface area (Å²) in [5, 5.41) is 8.97. The molecule has 1 heterocycles. The maximum atomic E-state index is 10.9. The predicted octanol–water partition coefficient (Wildman–Crippen LogP) is 1.18. The molecule has 0 amide bonds. The largest absolute Gasteiger partial charge is 0.481 e. The molecule has 100 valence electrons. The fourth-order valence-electron chi connectivity index (χ4n) is 2.28. The van der Waals surface area contributed by atoms with Gasteiger partial charge in [-0.25, -0.2) is 0 Å². The fourth-order valence-corrected chi connectivity index (χ4v) is 2.28. The maximum Gasteiger partial charge on any atom is 0.304 e. The third kappa shape index (κ3) is 3.18. The molecule has 0 bridgehead atoms. The van der Waals surface area contributed by atoms with Crippen molar-refractivity contribution in [3.05, 3.63) is 0 Å². The Kier molecular flexibility index (Phi) is 4.17. The molecule has 1 unspecified atom stereocenters. The molecule has 1 fully saturated rings. The van der Waals surface area contributed by atoms with Gasteiger partial charge in [0.25, 0.3) is 0 Å². The van der Waals surface area contributed by atoms with E-state index < -0.39 is 11.8 Å². The first-order valence-electron chi connectivity index (χ1n) is 5.80. The summed E-state index contributed by atoms with van der Waals surface area (Å²) in [5.74, 6) is -1.32. The minimum absolute atomic E-state index is 0.00146. The van der Waals surface area contributed by atoms with Crippen LogP contribution in [-0.2, 0) is 14.3 Å². The Hall–Kier alpha value is -0.650. The van der Waals surface area contributed by atoms with E-state index >= 15 is 0 Å². The summed E-state index contributed by atoms with van der Waals surface area (Å²) in [7, 11) is 3.23. The molecule has 0 saturated carbocycles. The van der Waals surface area contributed by atoms with E-state index in [4.69, 9.17) is 14.6 Å². The standard InChI is InChI=1S/C12H23NO4/c1-11(2,3)9(6-10(14)15)13-7-12(8-13,16-4)17-5/h9H,6-8H2,1-5H3,(H,14,15). The van der Waals surface area contributed by atoms with E-state index in [-0.39, 0.29) is 17.9 Å². The summed E-state index contributed by atoms with van der Waals surface area (Å²) in [6.07, 6.45) is 0.146. The van der Waals surface area contributed by atoms with Crippen molar-refractivity contribution < 1.29 is 19.4 Å². The van der Waals surface area contributed by atoms with Gasteiger partial charge in [0.1, 0.15) is 0 Å². The molecule has 1 saturated heterocycles. The quantitative estimate of drug-likeness (QED) is 0.737. The van der Waals surface area contributed by atoms with Gasteiger partial charge in [0.05, 0.1) is 19.5 Å². The van der Waals surface area contributed by atoms with Crippen LogP contribution in [0.1, 0.15) is 27.2 Å². The van der Waals surface area contributed by atoms with E-state index in [0.29, 0.717) is 13.1 Å². The first kappa shape index (κ1) is 14.4. The van der Waals surface area contributed by atoms with Gasteiger partial charge in [-0.15, -0.1) is 0 Å². The monoisotopic (exact) mass is 245 g/mol. The van der Waals surface area contributed by atoms with E-state index in [9.17, 15) is 4.79 Å². The van der Waals surface area contributed by atoms with E-state index in [1.54, 1.807) is 14.2 Å². The zero-order valence-electron chi connectivity index (χ0n) is 11.3. The highest BCUT2D eigenvalue weighted by Gasteiger charge is 2.49. The number of hydrogen-bond acceptors (Lipinski definition) is 4. The Labute approximate surface area is 103 Å². The zero-order chi connectivity index (χ0) is 13.3. The molecule has 1 aliphatic rings. The second kappa shape index (κ2) is 4.92. The molecule has 0 aliphatic carbocycles. The second-order valence-corrected chi connectivity index (χ2v) is 5.70. The molecule has 17 heavy (non-hydrogen) atoms. The molecule has 0 aromatic heterocycles. The van der Waals surface area contributed by atoms with Crippen LogP contribution in [0.4, 0.5) is 0 Å². The first-order valence-corrected chi connectivity index (χ1v) is 5.80. The molecule has 5 nitrogen and oxygen atoms in total. The molecular weight excluding hydrogens is 222 g/mol. The molecule has 5 heteroatoms. The van der Waals surface area contributed by atoms with Crippen molar-refractivity contribution in [1.82, 2.24) is 4.90 Å². The van der Waals surface area contributed by atoms with Gasteiger partial charge in [0, 0.05) is 20.3 Å². The summed E-state index contributed by atoms with van der Waals surface area (Å²) in [6.45, 7) is 7.41. The van der Waals surface area contributed by atoms with Crippen molar-refractivity contribution in [2.45, 2.75) is 39.0 Å². The lowest BCUT2D eigenvalue weighted by molar-refractivity contribution is -0.287. The van der Waals surface area contributed by atoms with E-state index in [2.05, 4.69) is 25.7 Å².